The third kappa shape index (κ3) is 4.37. The summed E-state index contributed by atoms with van der Waals surface area (Å²) < 4.78 is 15.1. The van der Waals surface area contributed by atoms with E-state index in [9.17, 15) is 0 Å². The Bertz CT molecular complexity index is 154. The summed E-state index contributed by atoms with van der Waals surface area (Å²) in [6.45, 7) is 0.533. The van der Waals surface area contributed by atoms with Crippen LogP contribution in [0.25, 0.3) is 0 Å². The molecule has 0 saturated carbocycles. The molecule has 78 valence electrons. The standard InChI is InChI=1S/C7H16N2O3S/c1-10-7(11-2,12-3)4-5-9-6(8)13/h4-5H2,1-3H3,(H3,8,9,13). The molecule has 3 N–H and O–H groups in total. The Balaban J connectivity index is 3.88. The van der Waals surface area contributed by atoms with E-state index in [0.29, 0.717) is 13.0 Å². The monoisotopic (exact) mass is 208 g/mol. The molecule has 0 amide bonds. The second kappa shape index (κ2) is 6.09. The van der Waals surface area contributed by atoms with Gasteiger partial charge in [0, 0.05) is 34.3 Å². The molecule has 0 aromatic rings. The van der Waals surface area contributed by atoms with Crippen molar-refractivity contribution in [2.24, 2.45) is 5.73 Å². The van der Waals surface area contributed by atoms with Crippen molar-refractivity contribution >= 4 is 17.3 Å². The van der Waals surface area contributed by atoms with E-state index in [2.05, 4.69) is 17.5 Å². The molecule has 0 spiro atoms. The van der Waals surface area contributed by atoms with Crippen LogP contribution in [0.3, 0.4) is 0 Å². The van der Waals surface area contributed by atoms with Gasteiger partial charge >= 0.3 is 0 Å². The lowest BCUT2D eigenvalue weighted by atomic mass is 10.3. The van der Waals surface area contributed by atoms with Crippen LogP contribution in [-0.4, -0.2) is 39.0 Å². The summed E-state index contributed by atoms with van der Waals surface area (Å²) in [5, 5.41) is 3.02. The van der Waals surface area contributed by atoms with Gasteiger partial charge in [0.05, 0.1) is 0 Å². The molecule has 5 nitrogen and oxygen atoms in total. The highest BCUT2D eigenvalue weighted by Gasteiger charge is 2.28. The van der Waals surface area contributed by atoms with Crippen molar-refractivity contribution < 1.29 is 14.2 Å². The van der Waals surface area contributed by atoms with Gasteiger partial charge in [-0.2, -0.15) is 0 Å². The zero-order chi connectivity index (χ0) is 10.3. The lowest BCUT2D eigenvalue weighted by molar-refractivity contribution is -0.353. The van der Waals surface area contributed by atoms with Gasteiger partial charge in [0.25, 0.3) is 5.97 Å². The number of rotatable bonds is 6. The minimum Gasteiger partial charge on any atom is -0.376 e. The van der Waals surface area contributed by atoms with Crippen molar-refractivity contribution in [2.75, 3.05) is 27.9 Å². The number of thiocarbonyl (C=S) groups is 1. The van der Waals surface area contributed by atoms with Crippen molar-refractivity contribution in [2.45, 2.75) is 12.4 Å². The molecule has 13 heavy (non-hydrogen) atoms. The average Bonchev–Trinajstić information content (AvgIpc) is 2.13. The Morgan fingerprint density at radius 3 is 2.08 bits per heavy atom. The Hall–Kier alpha value is -0.430. The number of methoxy groups -OCH3 is 3. The third-order valence-corrected chi connectivity index (χ3v) is 1.81. The molecule has 0 atom stereocenters. The highest BCUT2D eigenvalue weighted by atomic mass is 32.1. The van der Waals surface area contributed by atoms with Crippen LogP contribution in [0.2, 0.25) is 0 Å². The fourth-order valence-corrected chi connectivity index (χ4v) is 0.997. The van der Waals surface area contributed by atoms with Crippen LogP contribution >= 0.6 is 12.2 Å². The number of hydrogen-bond acceptors (Lipinski definition) is 4. The molecular formula is C7H16N2O3S. The highest BCUT2D eigenvalue weighted by Crippen LogP contribution is 2.15. The molecule has 0 heterocycles. The Morgan fingerprint density at radius 1 is 1.31 bits per heavy atom. The molecule has 0 saturated heterocycles. The first-order chi connectivity index (χ1) is 6.10. The molecule has 0 aromatic carbocycles. The lowest BCUT2D eigenvalue weighted by Crippen LogP contribution is -2.41. The predicted molar refractivity (Wildman–Crippen MR) is 53.2 cm³/mol. The van der Waals surface area contributed by atoms with Gasteiger partial charge in [0.15, 0.2) is 5.11 Å². The van der Waals surface area contributed by atoms with E-state index in [-0.39, 0.29) is 5.11 Å². The van der Waals surface area contributed by atoms with Crippen molar-refractivity contribution in [1.29, 1.82) is 0 Å². The lowest BCUT2D eigenvalue weighted by Gasteiger charge is -2.28. The molecule has 0 aromatic heterocycles. The quantitative estimate of drug-likeness (QED) is 0.465. The summed E-state index contributed by atoms with van der Waals surface area (Å²) in [6, 6.07) is 0. The second-order valence-corrected chi connectivity index (χ2v) is 2.78. The molecule has 0 bridgehead atoms. The van der Waals surface area contributed by atoms with Gasteiger partial charge in [0.2, 0.25) is 0 Å². The van der Waals surface area contributed by atoms with Crippen molar-refractivity contribution in [3.8, 4) is 0 Å². The fourth-order valence-electron chi connectivity index (χ4n) is 0.895. The smallest absolute Gasteiger partial charge is 0.283 e. The molecule has 0 fully saturated rings. The van der Waals surface area contributed by atoms with Gasteiger partial charge < -0.3 is 25.3 Å². The van der Waals surface area contributed by atoms with Crippen LogP contribution in [0.4, 0.5) is 0 Å². The highest BCUT2D eigenvalue weighted by molar-refractivity contribution is 7.80. The summed E-state index contributed by atoms with van der Waals surface area (Å²) in [5.74, 6) is -1.02. The van der Waals surface area contributed by atoms with Gasteiger partial charge in [0.1, 0.15) is 0 Å². The first-order valence-corrected chi connectivity index (χ1v) is 4.20. The Kier molecular flexibility index (Phi) is 5.89. The molecule has 0 aliphatic carbocycles. The summed E-state index contributed by atoms with van der Waals surface area (Å²) in [4.78, 5) is 0. The SMILES string of the molecule is COC(CCNC(N)=S)(OC)OC. The Labute approximate surface area is 83.5 Å². The van der Waals surface area contributed by atoms with E-state index in [0.717, 1.165) is 0 Å². The van der Waals surface area contributed by atoms with Crippen LogP contribution in [0.5, 0.6) is 0 Å². The molecule has 0 aliphatic heterocycles. The van der Waals surface area contributed by atoms with Crippen molar-refractivity contribution in [3.63, 3.8) is 0 Å². The molecule has 0 unspecified atom stereocenters. The third-order valence-electron chi connectivity index (χ3n) is 1.66. The maximum atomic E-state index is 5.24. The first-order valence-electron chi connectivity index (χ1n) is 3.79. The summed E-state index contributed by atoms with van der Waals surface area (Å²) >= 11 is 4.64. The number of ether oxygens (including phenoxy) is 3. The van der Waals surface area contributed by atoms with E-state index >= 15 is 0 Å². The topological polar surface area (TPSA) is 65.7 Å². The summed E-state index contributed by atoms with van der Waals surface area (Å²) in [5.41, 5.74) is 5.24. The van der Waals surface area contributed by atoms with Crippen LogP contribution in [0, 0.1) is 0 Å². The second-order valence-electron chi connectivity index (χ2n) is 2.34. The van der Waals surface area contributed by atoms with Crippen LogP contribution in [-0.2, 0) is 14.2 Å². The number of hydrogen-bond donors (Lipinski definition) is 2. The van der Waals surface area contributed by atoms with Gasteiger partial charge in [-0.1, -0.05) is 0 Å². The minimum atomic E-state index is -1.02. The maximum Gasteiger partial charge on any atom is 0.283 e. The van der Waals surface area contributed by atoms with Crippen molar-refractivity contribution in [1.82, 2.24) is 5.32 Å². The number of nitrogens with two attached hydrogens (primary N) is 1. The van der Waals surface area contributed by atoms with Crippen molar-refractivity contribution in [3.05, 3.63) is 0 Å². The van der Waals surface area contributed by atoms with E-state index < -0.39 is 5.97 Å². The minimum absolute atomic E-state index is 0.247. The van der Waals surface area contributed by atoms with E-state index in [1.54, 1.807) is 0 Å². The zero-order valence-electron chi connectivity index (χ0n) is 8.12. The molecular weight excluding hydrogens is 192 g/mol. The summed E-state index contributed by atoms with van der Waals surface area (Å²) in [7, 11) is 4.52. The van der Waals surface area contributed by atoms with Gasteiger partial charge in [-0.05, 0) is 12.2 Å². The van der Waals surface area contributed by atoms with Gasteiger partial charge in [-0.25, -0.2) is 0 Å². The molecule has 0 aliphatic rings. The Morgan fingerprint density at radius 2 is 1.77 bits per heavy atom. The normalized spacial score (nSPS) is 11.3. The van der Waals surface area contributed by atoms with E-state index in [1.165, 1.54) is 21.3 Å². The predicted octanol–water partition coefficient (Wildman–Crippen LogP) is -0.197. The molecule has 0 radical (unpaired) electrons. The maximum absolute atomic E-state index is 5.24. The van der Waals surface area contributed by atoms with Crippen LogP contribution < -0.4 is 11.1 Å². The largest absolute Gasteiger partial charge is 0.376 e. The summed E-state index contributed by atoms with van der Waals surface area (Å²) in [6.07, 6.45) is 0.494. The van der Waals surface area contributed by atoms with Crippen LogP contribution in [0.1, 0.15) is 6.42 Å². The van der Waals surface area contributed by atoms with E-state index in [1.807, 2.05) is 0 Å². The van der Waals surface area contributed by atoms with Crippen LogP contribution in [0.15, 0.2) is 0 Å². The van der Waals surface area contributed by atoms with E-state index in [4.69, 9.17) is 19.9 Å². The molecule has 6 heteroatoms. The van der Waals surface area contributed by atoms with Gasteiger partial charge in [-0.15, -0.1) is 0 Å². The first kappa shape index (κ1) is 12.6. The zero-order valence-corrected chi connectivity index (χ0v) is 8.94. The fraction of sp³-hybridized carbons (Fsp3) is 0.857. The molecule has 0 rings (SSSR count). The van der Waals surface area contributed by atoms with Gasteiger partial charge in [-0.3, -0.25) is 0 Å². The number of nitrogens with one attached hydrogen (secondary N) is 1. The average molecular weight is 208 g/mol.